The van der Waals surface area contributed by atoms with Gasteiger partial charge in [-0.25, -0.2) is 0 Å². The first-order valence-electron chi connectivity index (χ1n) is 5.92. The summed E-state index contributed by atoms with van der Waals surface area (Å²) in [5.74, 6) is 1.93. The van der Waals surface area contributed by atoms with Crippen LogP contribution in [0.3, 0.4) is 0 Å². The molecule has 0 bridgehead atoms. The van der Waals surface area contributed by atoms with Crippen molar-refractivity contribution in [1.82, 2.24) is 0 Å². The highest BCUT2D eigenvalue weighted by molar-refractivity contribution is 6.01. The molecule has 15 heavy (non-hydrogen) atoms. The number of hydrogen-bond acceptors (Lipinski definition) is 1. The van der Waals surface area contributed by atoms with E-state index in [9.17, 15) is 4.79 Å². The van der Waals surface area contributed by atoms with Crippen LogP contribution in [-0.4, -0.2) is 5.78 Å². The van der Waals surface area contributed by atoms with Crippen LogP contribution in [0.25, 0.3) is 0 Å². The van der Waals surface area contributed by atoms with Crippen LogP contribution in [0, 0.1) is 11.8 Å². The van der Waals surface area contributed by atoms with Gasteiger partial charge in [-0.2, -0.15) is 0 Å². The largest absolute Gasteiger partial charge is 0.294 e. The molecular weight excluding hydrogens is 184 g/mol. The summed E-state index contributed by atoms with van der Waals surface area (Å²) in [6.45, 7) is 2.29. The molecule has 2 aliphatic carbocycles. The van der Waals surface area contributed by atoms with Crippen molar-refractivity contribution in [1.29, 1.82) is 0 Å². The van der Waals surface area contributed by atoms with Crippen molar-refractivity contribution in [2.75, 3.05) is 0 Å². The fraction of sp³-hybridized carbons (Fsp3) is 0.500. The lowest BCUT2D eigenvalue weighted by Gasteiger charge is -2.32. The Bertz CT molecular complexity index is 408. The first-order valence-corrected chi connectivity index (χ1v) is 5.92. The topological polar surface area (TPSA) is 17.1 Å². The van der Waals surface area contributed by atoms with Crippen LogP contribution in [-0.2, 0) is 0 Å². The molecule has 3 rings (SSSR count). The number of fused-ring (bicyclic) bond motifs is 2. The van der Waals surface area contributed by atoms with Crippen molar-refractivity contribution in [3.63, 3.8) is 0 Å². The molecule has 78 valence electrons. The first kappa shape index (κ1) is 9.14. The summed E-state index contributed by atoms with van der Waals surface area (Å²) in [5, 5.41) is 0. The van der Waals surface area contributed by atoms with Gasteiger partial charge in [0.25, 0.3) is 0 Å². The van der Waals surface area contributed by atoms with E-state index in [2.05, 4.69) is 19.1 Å². The van der Waals surface area contributed by atoms with Gasteiger partial charge in [-0.05, 0) is 30.2 Å². The summed E-state index contributed by atoms with van der Waals surface area (Å²) in [5.41, 5.74) is 2.28. The van der Waals surface area contributed by atoms with Crippen molar-refractivity contribution in [2.24, 2.45) is 11.8 Å². The molecule has 2 aliphatic rings. The molecule has 1 nitrogen and oxygen atoms in total. The molecule has 0 heterocycles. The van der Waals surface area contributed by atoms with Gasteiger partial charge in [0.05, 0.1) is 0 Å². The van der Waals surface area contributed by atoms with Crippen molar-refractivity contribution >= 4 is 5.78 Å². The molecule has 0 radical (unpaired) electrons. The van der Waals surface area contributed by atoms with E-state index in [4.69, 9.17) is 0 Å². The van der Waals surface area contributed by atoms with Gasteiger partial charge in [0.15, 0.2) is 5.78 Å². The third-order valence-corrected chi connectivity index (χ3v) is 4.27. The molecular formula is C14H16O. The molecule has 0 spiro atoms. The third kappa shape index (κ3) is 1.19. The Kier molecular flexibility index (Phi) is 1.95. The van der Waals surface area contributed by atoms with Crippen LogP contribution in [0.4, 0.5) is 0 Å². The van der Waals surface area contributed by atoms with Crippen LogP contribution < -0.4 is 0 Å². The Morgan fingerprint density at radius 1 is 1.20 bits per heavy atom. The molecule has 0 unspecified atom stereocenters. The summed E-state index contributed by atoms with van der Waals surface area (Å²) < 4.78 is 0. The van der Waals surface area contributed by atoms with E-state index < -0.39 is 0 Å². The van der Waals surface area contributed by atoms with Gasteiger partial charge in [0.2, 0.25) is 0 Å². The Morgan fingerprint density at radius 3 is 2.87 bits per heavy atom. The minimum Gasteiger partial charge on any atom is -0.294 e. The number of rotatable bonds is 0. The molecule has 1 fully saturated rings. The first-order chi connectivity index (χ1) is 7.29. The lowest BCUT2D eigenvalue weighted by molar-refractivity contribution is 0.0860. The van der Waals surface area contributed by atoms with E-state index in [-0.39, 0.29) is 0 Å². The fourth-order valence-corrected chi connectivity index (χ4v) is 3.46. The Labute approximate surface area is 90.5 Å². The maximum absolute atomic E-state index is 12.2. The van der Waals surface area contributed by atoms with Crippen LogP contribution in [0.1, 0.15) is 48.0 Å². The van der Waals surface area contributed by atoms with Crippen molar-refractivity contribution in [3.05, 3.63) is 35.4 Å². The fourth-order valence-electron chi connectivity index (χ4n) is 3.46. The smallest absolute Gasteiger partial charge is 0.166 e. The number of carbonyl (C=O) groups excluding carboxylic acids is 1. The number of ketones is 1. The van der Waals surface area contributed by atoms with Gasteiger partial charge in [-0.15, -0.1) is 0 Å². The van der Waals surface area contributed by atoms with Crippen LogP contribution >= 0.6 is 0 Å². The zero-order valence-electron chi connectivity index (χ0n) is 9.07. The Morgan fingerprint density at radius 2 is 2.00 bits per heavy atom. The molecule has 1 saturated carbocycles. The minimum atomic E-state index is 0.329. The van der Waals surface area contributed by atoms with Crippen LogP contribution in [0.15, 0.2) is 24.3 Å². The van der Waals surface area contributed by atoms with Gasteiger partial charge in [0.1, 0.15) is 0 Å². The molecule has 0 aromatic heterocycles. The predicted molar refractivity (Wildman–Crippen MR) is 60.0 cm³/mol. The van der Waals surface area contributed by atoms with E-state index in [1.165, 1.54) is 18.4 Å². The SMILES string of the molecule is C[C@H]1c2ccccc2C(=O)[C@H]2CCC[C@H]21. The standard InChI is InChI=1S/C14H16O/c1-9-10-5-2-3-6-12(10)14(15)13-8-4-7-11(9)13/h2-3,5-6,9,11,13H,4,7-8H2,1H3/t9-,11-,13-/m0/s1. The van der Waals surface area contributed by atoms with Crippen molar-refractivity contribution < 1.29 is 4.79 Å². The molecule has 0 aliphatic heterocycles. The van der Waals surface area contributed by atoms with E-state index in [1.54, 1.807) is 0 Å². The van der Waals surface area contributed by atoms with E-state index in [0.717, 1.165) is 12.0 Å². The number of hydrogen-bond donors (Lipinski definition) is 0. The van der Waals surface area contributed by atoms with Crippen molar-refractivity contribution in [2.45, 2.75) is 32.1 Å². The average Bonchev–Trinajstić information content (AvgIpc) is 2.75. The molecule has 0 amide bonds. The van der Waals surface area contributed by atoms with Crippen molar-refractivity contribution in [3.8, 4) is 0 Å². The quantitative estimate of drug-likeness (QED) is 0.627. The zero-order valence-corrected chi connectivity index (χ0v) is 9.07. The second kappa shape index (κ2) is 3.19. The normalized spacial score (nSPS) is 33.7. The highest BCUT2D eigenvalue weighted by atomic mass is 16.1. The summed E-state index contributed by atoms with van der Waals surface area (Å²) >= 11 is 0. The number of Topliss-reactive ketones (excluding diaryl/α,β-unsaturated/α-hetero) is 1. The highest BCUT2D eigenvalue weighted by Gasteiger charge is 2.42. The molecule has 1 aromatic carbocycles. The Hall–Kier alpha value is -1.11. The van der Waals surface area contributed by atoms with Gasteiger partial charge >= 0.3 is 0 Å². The lowest BCUT2D eigenvalue weighted by Crippen LogP contribution is -2.30. The average molecular weight is 200 g/mol. The maximum Gasteiger partial charge on any atom is 0.166 e. The van der Waals surface area contributed by atoms with Crippen LogP contribution in [0.5, 0.6) is 0 Å². The monoisotopic (exact) mass is 200 g/mol. The maximum atomic E-state index is 12.2. The molecule has 0 N–H and O–H groups in total. The third-order valence-electron chi connectivity index (χ3n) is 4.27. The van der Waals surface area contributed by atoms with Gasteiger partial charge in [0, 0.05) is 11.5 Å². The summed E-state index contributed by atoms with van der Waals surface area (Å²) in [6, 6.07) is 8.17. The van der Waals surface area contributed by atoms with E-state index in [0.29, 0.717) is 23.5 Å². The summed E-state index contributed by atoms with van der Waals surface area (Å²) in [6.07, 6.45) is 3.59. The molecule has 1 aromatic rings. The zero-order chi connectivity index (χ0) is 10.4. The summed E-state index contributed by atoms with van der Waals surface area (Å²) in [7, 11) is 0. The predicted octanol–water partition coefficient (Wildman–Crippen LogP) is 3.40. The molecule has 1 heteroatoms. The lowest BCUT2D eigenvalue weighted by atomic mass is 9.71. The molecule has 0 saturated heterocycles. The van der Waals surface area contributed by atoms with Crippen LogP contribution in [0.2, 0.25) is 0 Å². The second-order valence-electron chi connectivity index (χ2n) is 4.94. The molecule has 3 atom stereocenters. The summed E-state index contributed by atoms with van der Waals surface area (Å²) in [4.78, 5) is 12.2. The van der Waals surface area contributed by atoms with Gasteiger partial charge in [-0.3, -0.25) is 4.79 Å². The minimum absolute atomic E-state index is 0.329. The second-order valence-corrected chi connectivity index (χ2v) is 4.94. The van der Waals surface area contributed by atoms with Gasteiger partial charge < -0.3 is 0 Å². The van der Waals surface area contributed by atoms with Gasteiger partial charge in [-0.1, -0.05) is 37.6 Å². The Balaban J connectivity index is 2.14. The van der Waals surface area contributed by atoms with E-state index in [1.807, 2.05) is 12.1 Å². The van der Waals surface area contributed by atoms with E-state index >= 15 is 0 Å². The highest BCUT2D eigenvalue weighted by Crippen LogP contribution is 2.47. The number of carbonyl (C=O) groups is 1. The number of benzene rings is 1.